The van der Waals surface area contributed by atoms with E-state index in [9.17, 15) is 0 Å². The number of aromatic amines is 1. The zero-order valence-electron chi connectivity index (χ0n) is 10.3. The summed E-state index contributed by atoms with van der Waals surface area (Å²) in [6, 6.07) is 1.85. The van der Waals surface area contributed by atoms with Crippen LogP contribution in [0.3, 0.4) is 0 Å². The Morgan fingerprint density at radius 3 is 2.89 bits per heavy atom. The van der Waals surface area contributed by atoms with E-state index in [1.807, 2.05) is 13.0 Å². The van der Waals surface area contributed by atoms with E-state index in [-0.39, 0.29) is 0 Å². The maximum Gasteiger partial charge on any atom is 0.138 e. The van der Waals surface area contributed by atoms with Crippen molar-refractivity contribution in [1.82, 2.24) is 15.0 Å². The number of nitrogens with one attached hydrogen (secondary N) is 1. The Hall–Kier alpha value is -2.49. The van der Waals surface area contributed by atoms with E-state index in [4.69, 9.17) is 0 Å². The molecule has 0 aliphatic rings. The molecule has 2 aromatic heterocycles. The summed E-state index contributed by atoms with van der Waals surface area (Å²) in [4.78, 5) is 15.6. The summed E-state index contributed by atoms with van der Waals surface area (Å²) in [7, 11) is 0. The molecule has 18 heavy (non-hydrogen) atoms. The Labute approximate surface area is 106 Å². The SMILES string of the molecule is C=C/C(C(=C)c1nc2ccncc2[nH]1)=C(/C)N=C. The topological polar surface area (TPSA) is 53.9 Å². The molecule has 1 N–H and O–H groups in total. The molecule has 2 aromatic rings. The van der Waals surface area contributed by atoms with Crippen molar-refractivity contribution in [3.8, 4) is 0 Å². The minimum Gasteiger partial charge on any atom is -0.337 e. The minimum atomic E-state index is 0.691. The van der Waals surface area contributed by atoms with Crippen LogP contribution in [0.25, 0.3) is 16.6 Å². The molecule has 0 saturated heterocycles. The summed E-state index contributed by atoms with van der Waals surface area (Å²) in [5.41, 5.74) is 4.08. The number of pyridine rings is 1. The van der Waals surface area contributed by atoms with Crippen LogP contribution in [0.4, 0.5) is 0 Å². The van der Waals surface area contributed by atoms with Gasteiger partial charge in [0.2, 0.25) is 0 Å². The van der Waals surface area contributed by atoms with E-state index in [0.717, 1.165) is 27.9 Å². The number of imidazole rings is 1. The van der Waals surface area contributed by atoms with Gasteiger partial charge in [-0.2, -0.15) is 0 Å². The number of H-pyrrole nitrogens is 1. The van der Waals surface area contributed by atoms with Gasteiger partial charge in [0.15, 0.2) is 0 Å². The Kier molecular flexibility index (Phi) is 3.19. The van der Waals surface area contributed by atoms with Crippen LogP contribution in [0.2, 0.25) is 0 Å². The van der Waals surface area contributed by atoms with Crippen LogP contribution < -0.4 is 0 Å². The number of aromatic nitrogens is 3. The lowest BCUT2D eigenvalue weighted by Crippen LogP contribution is -1.91. The highest BCUT2D eigenvalue weighted by molar-refractivity contribution is 5.83. The van der Waals surface area contributed by atoms with Gasteiger partial charge in [0, 0.05) is 23.0 Å². The van der Waals surface area contributed by atoms with Gasteiger partial charge in [-0.15, -0.1) is 0 Å². The molecule has 0 fully saturated rings. The van der Waals surface area contributed by atoms with Crippen molar-refractivity contribution >= 4 is 23.3 Å². The second-order valence-electron chi connectivity index (χ2n) is 3.82. The molecule has 0 amide bonds. The van der Waals surface area contributed by atoms with Gasteiger partial charge in [-0.25, -0.2) is 4.98 Å². The van der Waals surface area contributed by atoms with Crippen LogP contribution in [0, 0.1) is 0 Å². The molecule has 4 nitrogen and oxygen atoms in total. The predicted octanol–water partition coefficient (Wildman–Crippen LogP) is 3.13. The average Bonchev–Trinajstić information content (AvgIpc) is 2.82. The number of allylic oxidation sites excluding steroid dienone is 4. The van der Waals surface area contributed by atoms with Crippen LogP contribution >= 0.6 is 0 Å². The molecule has 0 aromatic carbocycles. The van der Waals surface area contributed by atoms with Crippen molar-refractivity contribution < 1.29 is 0 Å². The maximum atomic E-state index is 4.46. The van der Waals surface area contributed by atoms with E-state index in [1.54, 1.807) is 18.5 Å². The molecular formula is C14H14N4. The van der Waals surface area contributed by atoms with Crippen molar-refractivity contribution in [3.05, 3.63) is 54.8 Å². The third-order valence-corrected chi connectivity index (χ3v) is 2.73. The molecule has 0 bridgehead atoms. The van der Waals surface area contributed by atoms with Crippen molar-refractivity contribution in [3.63, 3.8) is 0 Å². The number of aliphatic imine (C=N–C) groups is 1. The molecule has 2 rings (SSSR count). The number of hydrogen-bond acceptors (Lipinski definition) is 3. The predicted molar refractivity (Wildman–Crippen MR) is 75.4 cm³/mol. The Morgan fingerprint density at radius 2 is 2.28 bits per heavy atom. The first-order chi connectivity index (χ1) is 8.67. The summed E-state index contributed by atoms with van der Waals surface area (Å²) >= 11 is 0. The van der Waals surface area contributed by atoms with E-state index >= 15 is 0 Å². The van der Waals surface area contributed by atoms with Crippen molar-refractivity contribution in [2.45, 2.75) is 6.92 Å². The van der Waals surface area contributed by atoms with E-state index in [1.165, 1.54) is 0 Å². The normalized spacial score (nSPS) is 12.1. The zero-order chi connectivity index (χ0) is 13.1. The first-order valence-corrected chi connectivity index (χ1v) is 5.46. The van der Waals surface area contributed by atoms with E-state index in [0.29, 0.717) is 5.82 Å². The Balaban J connectivity index is 2.51. The molecule has 0 radical (unpaired) electrons. The second-order valence-corrected chi connectivity index (χ2v) is 3.82. The number of nitrogens with zero attached hydrogens (tertiary/aromatic N) is 3. The summed E-state index contributed by atoms with van der Waals surface area (Å²) in [6.07, 6.45) is 5.14. The smallest absolute Gasteiger partial charge is 0.138 e. The summed E-state index contributed by atoms with van der Waals surface area (Å²) in [5, 5.41) is 0. The molecule has 0 spiro atoms. The molecule has 4 heteroatoms. The van der Waals surface area contributed by atoms with Crippen molar-refractivity contribution in [2.75, 3.05) is 0 Å². The fraction of sp³-hybridized carbons (Fsp3) is 0.0714. The standard InChI is InChI=1S/C14H14N4/c1-5-11(10(3)15-4)9(2)14-17-12-6-7-16-8-13(12)18-14/h5-8H,1-2,4H2,3H3,(H,17,18)/b11-10+. The van der Waals surface area contributed by atoms with Crippen molar-refractivity contribution in [1.29, 1.82) is 0 Å². The molecule has 0 aliphatic carbocycles. The van der Waals surface area contributed by atoms with Gasteiger partial charge in [0.05, 0.1) is 17.2 Å². The lowest BCUT2D eigenvalue weighted by Gasteiger charge is -2.05. The highest BCUT2D eigenvalue weighted by Crippen LogP contribution is 2.24. The van der Waals surface area contributed by atoms with Crippen LogP contribution in [0.15, 0.2) is 54.0 Å². The zero-order valence-corrected chi connectivity index (χ0v) is 10.3. The molecule has 2 heterocycles. The minimum absolute atomic E-state index is 0.691. The lowest BCUT2D eigenvalue weighted by atomic mass is 10.1. The van der Waals surface area contributed by atoms with Gasteiger partial charge >= 0.3 is 0 Å². The quantitative estimate of drug-likeness (QED) is 0.657. The number of hydrogen-bond donors (Lipinski definition) is 1. The van der Waals surface area contributed by atoms with Gasteiger partial charge in [0.25, 0.3) is 0 Å². The fourth-order valence-corrected chi connectivity index (χ4v) is 1.70. The first kappa shape index (κ1) is 12.0. The largest absolute Gasteiger partial charge is 0.337 e. The van der Waals surface area contributed by atoms with Crippen LogP contribution in [0.5, 0.6) is 0 Å². The van der Waals surface area contributed by atoms with Gasteiger partial charge in [-0.05, 0) is 19.7 Å². The highest BCUT2D eigenvalue weighted by atomic mass is 14.9. The summed E-state index contributed by atoms with van der Waals surface area (Å²) < 4.78 is 0. The van der Waals surface area contributed by atoms with Gasteiger partial charge < -0.3 is 4.98 Å². The second kappa shape index (κ2) is 4.79. The maximum absolute atomic E-state index is 4.46. The van der Waals surface area contributed by atoms with Gasteiger partial charge in [-0.1, -0.05) is 19.2 Å². The van der Waals surface area contributed by atoms with E-state index < -0.39 is 0 Å². The average molecular weight is 238 g/mol. The van der Waals surface area contributed by atoms with E-state index in [2.05, 4.69) is 39.8 Å². The fourth-order valence-electron chi connectivity index (χ4n) is 1.70. The number of fused-ring (bicyclic) bond motifs is 1. The number of rotatable bonds is 4. The van der Waals surface area contributed by atoms with Crippen LogP contribution in [-0.2, 0) is 0 Å². The molecule has 90 valence electrons. The molecular weight excluding hydrogens is 224 g/mol. The summed E-state index contributed by atoms with van der Waals surface area (Å²) in [5.74, 6) is 0.691. The lowest BCUT2D eigenvalue weighted by molar-refractivity contribution is 1.23. The van der Waals surface area contributed by atoms with Gasteiger partial charge in [-0.3, -0.25) is 9.98 Å². The Morgan fingerprint density at radius 1 is 1.50 bits per heavy atom. The van der Waals surface area contributed by atoms with Gasteiger partial charge in [0.1, 0.15) is 5.82 Å². The van der Waals surface area contributed by atoms with Crippen LogP contribution in [-0.4, -0.2) is 21.7 Å². The molecule has 0 saturated carbocycles. The monoisotopic (exact) mass is 238 g/mol. The molecule has 0 aliphatic heterocycles. The third-order valence-electron chi connectivity index (χ3n) is 2.73. The molecule has 0 unspecified atom stereocenters. The van der Waals surface area contributed by atoms with Crippen molar-refractivity contribution in [2.24, 2.45) is 4.99 Å². The Bertz CT molecular complexity index is 628. The highest BCUT2D eigenvalue weighted by Gasteiger charge is 2.10. The first-order valence-electron chi connectivity index (χ1n) is 5.46. The third kappa shape index (κ3) is 2.00. The molecule has 0 atom stereocenters. The van der Waals surface area contributed by atoms with Crippen LogP contribution in [0.1, 0.15) is 12.7 Å². The summed E-state index contributed by atoms with van der Waals surface area (Å²) in [6.45, 7) is 13.2.